The van der Waals surface area contributed by atoms with Crippen LogP contribution in [0, 0.1) is 5.82 Å². The third-order valence-corrected chi connectivity index (χ3v) is 3.32. The summed E-state index contributed by atoms with van der Waals surface area (Å²) in [5.74, 6) is 0.0629. The second-order valence-corrected chi connectivity index (χ2v) is 5.34. The van der Waals surface area contributed by atoms with Gasteiger partial charge in [-0.25, -0.2) is 4.39 Å². The second kappa shape index (κ2) is 7.59. The first-order chi connectivity index (χ1) is 10.6. The van der Waals surface area contributed by atoms with Gasteiger partial charge in [0.25, 0.3) is 5.91 Å². The molecule has 2 aromatic rings. The molecule has 0 atom stereocenters. The summed E-state index contributed by atoms with van der Waals surface area (Å²) in [4.78, 5) is 14.1. The molecule has 3 nitrogen and oxygen atoms in total. The largest absolute Gasteiger partial charge is 0.484 e. The predicted molar refractivity (Wildman–Crippen MR) is 84.0 cm³/mol. The minimum absolute atomic E-state index is 0.0589. The highest BCUT2D eigenvalue weighted by molar-refractivity contribution is 5.78. The fraction of sp³-hybridized carbons (Fsp3) is 0.278. The minimum Gasteiger partial charge on any atom is -0.484 e. The Balaban J connectivity index is 1.96. The predicted octanol–water partition coefficient (Wildman–Crippen LogP) is 3.64. The Morgan fingerprint density at radius 2 is 1.73 bits per heavy atom. The molecule has 0 fully saturated rings. The van der Waals surface area contributed by atoms with Gasteiger partial charge in [0.1, 0.15) is 11.6 Å². The fourth-order valence-electron chi connectivity index (χ4n) is 2.10. The molecule has 0 aliphatic carbocycles. The van der Waals surface area contributed by atoms with E-state index in [4.69, 9.17) is 4.74 Å². The highest BCUT2D eigenvalue weighted by Crippen LogP contribution is 2.13. The SMILES string of the molecule is CC(C)N(Cc1ccccc1)C(=O)COc1ccc(F)cc1. The van der Waals surface area contributed by atoms with Crippen molar-refractivity contribution < 1.29 is 13.9 Å². The van der Waals surface area contributed by atoms with Crippen LogP contribution in [0.3, 0.4) is 0 Å². The van der Waals surface area contributed by atoms with E-state index in [-0.39, 0.29) is 24.4 Å². The summed E-state index contributed by atoms with van der Waals surface area (Å²) in [7, 11) is 0. The van der Waals surface area contributed by atoms with E-state index >= 15 is 0 Å². The van der Waals surface area contributed by atoms with Crippen molar-refractivity contribution in [2.24, 2.45) is 0 Å². The number of ether oxygens (including phenoxy) is 1. The molecule has 116 valence electrons. The smallest absolute Gasteiger partial charge is 0.261 e. The summed E-state index contributed by atoms with van der Waals surface area (Å²) in [6, 6.07) is 15.5. The molecule has 22 heavy (non-hydrogen) atoms. The fourth-order valence-corrected chi connectivity index (χ4v) is 2.10. The molecule has 0 radical (unpaired) electrons. The molecular weight excluding hydrogens is 281 g/mol. The van der Waals surface area contributed by atoms with Crippen LogP contribution >= 0.6 is 0 Å². The van der Waals surface area contributed by atoms with E-state index in [1.807, 2.05) is 44.2 Å². The molecule has 1 amide bonds. The zero-order valence-corrected chi connectivity index (χ0v) is 12.8. The van der Waals surface area contributed by atoms with Gasteiger partial charge in [-0.1, -0.05) is 30.3 Å². The number of carbonyl (C=O) groups excluding carboxylic acids is 1. The highest BCUT2D eigenvalue weighted by Gasteiger charge is 2.17. The molecule has 4 heteroatoms. The van der Waals surface area contributed by atoms with Crippen LogP contribution in [0.2, 0.25) is 0 Å². The Kier molecular flexibility index (Phi) is 5.53. The van der Waals surface area contributed by atoms with Crippen LogP contribution in [-0.2, 0) is 11.3 Å². The summed E-state index contributed by atoms with van der Waals surface area (Å²) < 4.78 is 18.3. The van der Waals surface area contributed by atoms with Crippen LogP contribution in [0.5, 0.6) is 5.75 Å². The Morgan fingerprint density at radius 1 is 1.09 bits per heavy atom. The molecule has 0 saturated heterocycles. The van der Waals surface area contributed by atoms with Crippen molar-refractivity contribution in [2.75, 3.05) is 6.61 Å². The van der Waals surface area contributed by atoms with Crippen molar-refractivity contribution in [3.63, 3.8) is 0 Å². The number of amides is 1. The highest BCUT2D eigenvalue weighted by atomic mass is 19.1. The number of halogens is 1. The van der Waals surface area contributed by atoms with E-state index in [0.29, 0.717) is 12.3 Å². The second-order valence-electron chi connectivity index (χ2n) is 5.34. The van der Waals surface area contributed by atoms with Crippen molar-refractivity contribution in [2.45, 2.75) is 26.4 Å². The lowest BCUT2D eigenvalue weighted by molar-refractivity contribution is -0.135. The van der Waals surface area contributed by atoms with Crippen LogP contribution in [-0.4, -0.2) is 23.5 Å². The normalized spacial score (nSPS) is 10.5. The van der Waals surface area contributed by atoms with Gasteiger partial charge in [0.2, 0.25) is 0 Å². The first-order valence-electron chi connectivity index (χ1n) is 7.28. The number of hydrogen-bond donors (Lipinski definition) is 0. The number of carbonyl (C=O) groups is 1. The average Bonchev–Trinajstić information content (AvgIpc) is 2.52. The average molecular weight is 301 g/mol. The quantitative estimate of drug-likeness (QED) is 0.815. The Labute approximate surface area is 130 Å². The summed E-state index contributed by atoms with van der Waals surface area (Å²) in [5.41, 5.74) is 1.08. The maximum absolute atomic E-state index is 12.8. The summed E-state index contributed by atoms with van der Waals surface area (Å²) in [6.07, 6.45) is 0. The lowest BCUT2D eigenvalue weighted by Crippen LogP contribution is -2.39. The lowest BCUT2D eigenvalue weighted by atomic mass is 10.2. The van der Waals surface area contributed by atoms with Crippen molar-refractivity contribution in [3.05, 3.63) is 66.0 Å². The monoisotopic (exact) mass is 301 g/mol. The first kappa shape index (κ1) is 16.0. The van der Waals surface area contributed by atoms with Gasteiger partial charge in [0.15, 0.2) is 6.61 Å². The van der Waals surface area contributed by atoms with E-state index in [1.54, 1.807) is 4.90 Å². The third kappa shape index (κ3) is 4.58. The standard InChI is InChI=1S/C18H20FNO2/c1-14(2)20(12-15-6-4-3-5-7-15)18(21)13-22-17-10-8-16(19)9-11-17/h3-11,14H,12-13H2,1-2H3. The van der Waals surface area contributed by atoms with Crippen molar-refractivity contribution in [3.8, 4) is 5.75 Å². The van der Waals surface area contributed by atoms with Crippen LogP contribution in [0.1, 0.15) is 19.4 Å². The number of rotatable bonds is 6. The molecule has 0 aromatic heterocycles. The van der Waals surface area contributed by atoms with Gasteiger partial charge in [0, 0.05) is 12.6 Å². The Morgan fingerprint density at radius 3 is 2.32 bits per heavy atom. The van der Waals surface area contributed by atoms with Gasteiger partial charge in [-0.05, 0) is 43.7 Å². The van der Waals surface area contributed by atoms with Gasteiger partial charge < -0.3 is 9.64 Å². The number of hydrogen-bond acceptors (Lipinski definition) is 2. The summed E-state index contributed by atoms with van der Waals surface area (Å²) >= 11 is 0. The molecule has 2 rings (SSSR count). The Bertz CT molecular complexity index is 596. The van der Waals surface area contributed by atoms with E-state index < -0.39 is 0 Å². The van der Waals surface area contributed by atoms with Crippen LogP contribution in [0.15, 0.2) is 54.6 Å². The van der Waals surface area contributed by atoms with Crippen LogP contribution < -0.4 is 4.74 Å². The summed E-state index contributed by atoms with van der Waals surface area (Å²) in [6.45, 7) is 4.43. The van der Waals surface area contributed by atoms with E-state index in [0.717, 1.165) is 5.56 Å². The van der Waals surface area contributed by atoms with Gasteiger partial charge in [-0.15, -0.1) is 0 Å². The first-order valence-corrected chi connectivity index (χ1v) is 7.28. The minimum atomic E-state index is -0.327. The van der Waals surface area contributed by atoms with Gasteiger partial charge in [-0.2, -0.15) is 0 Å². The molecule has 0 aliphatic heterocycles. The summed E-state index contributed by atoms with van der Waals surface area (Å²) in [5, 5.41) is 0. The van der Waals surface area contributed by atoms with E-state index in [9.17, 15) is 9.18 Å². The zero-order valence-electron chi connectivity index (χ0n) is 12.8. The maximum atomic E-state index is 12.8. The molecule has 0 aliphatic rings. The topological polar surface area (TPSA) is 29.5 Å². The molecule has 0 heterocycles. The van der Waals surface area contributed by atoms with Gasteiger partial charge in [0.05, 0.1) is 0 Å². The molecule has 0 bridgehead atoms. The van der Waals surface area contributed by atoms with Gasteiger partial charge in [-0.3, -0.25) is 4.79 Å². The molecule has 0 saturated carbocycles. The molecule has 2 aromatic carbocycles. The van der Waals surface area contributed by atoms with Gasteiger partial charge >= 0.3 is 0 Å². The molecular formula is C18H20FNO2. The molecule has 0 unspecified atom stereocenters. The zero-order chi connectivity index (χ0) is 15.9. The number of benzene rings is 2. The van der Waals surface area contributed by atoms with Crippen molar-refractivity contribution in [1.29, 1.82) is 0 Å². The lowest BCUT2D eigenvalue weighted by Gasteiger charge is -2.27. The molecule has 0 N–H and O–H groups in total. The van der Waals surface area contributed by atoms with Crippen molar-refractivity contribution in [1.82, 2.24) is 4.90 Å². The van der Waals surface area contributed by atoms with E-state index in [2.05, 4.69) is 0 Å². The van der Waals surface area contributed by atoms with Crippen LogP contribution in [0.4, 0.5) is 4.39 Å². The Hall–Kier alpha value is -2.36. The van der Waals surface area contributed by atoms with Crippen molar-refractivity contribution >= 4 is 5.91 Å². The number of nitrogens with zero attached hydrogens (tertiary/aromatic N) is 1. The third-order valence-electron chi connectivity index (χ3n) is 3.32. The van der Waals surface area contributed by atoms with E-state index in [1.165, 1.54) is 24.3 Å². The molecule has 0 spiro atoms. The maximum Gasteiger partial charge on any atom is 0.261 e. The van der Waals surface area contributed by atoms with Crippen LogP contribution in [0.25, 0.3) is 0 Å².